The summed E-state index contributed by atoms with van der Waals surface area (Å²) in [5.41, 5.74) is 0. The molecule has 0 bridgehead atoms. The Bertz CT molecular complexity index is 163. The highest BCUT2D eigenvalue weighted by molar-refractivity contribution is 5.86. The van der Waals surface area contributed by atoms with Gasteiger partial charge >= 0.3 is 0 Å². The van der Waals surface area contributed by atoms with E-state index in [0.29, 0.717) is 19.4 Å². The monoisotopic (exact) mass is 172 g/mol. The Morgan fingerprint density at radius 1 is 1.50 bits per heavy atom. The molecule has 0 aromatic carbocycles. The lowest BCUT2D eigenvalue weighted by molar-refractivity contribution is -0.224. The van der Waals surface area contributed by atoms with Gasteiger partial charge in [-0.3, -0.25) is 4.79 Å². The highest BCUT2D eigenvalue weighted by Gasteiger charge is 2.40. The highest BCUT2D eigenvalue weighted by Crippen LogP contribution is 2.28. The molecule has 0 aromatic heterocycles. The van der Waals surface area contributed by atoms with Crippen molar-refractivity contribution >= 4 is 5.78 Å². The van der Waals surface area contributed by atoms with Crippen molar-refractivity contribution in [3.8, 4) is 0 Å². The number of hydrogen-bond acceptors (Lipinski definition) is 3. The van der Waals surface area contributed by atoms with E-state index < -0.39 is 5.79 Å². The number of hydrogen-bond donors (Lipinski definition) is 0. The molecule has 0 aromatic rings. The molecule has 70 valence electrons. The van der Waals surface area contributed by atoms with E-state index in [2.05, 4.69) is 0 Å². The van der Waals surface area contributed by atoms with Crippen LogP contribution in [-0.2, 0) is 14.3 Å². The van der Waals surface area contributed by atoms with Gasteiger partial charge in [0.2, 0.25) is 5.79 Å². The van der Waals surface area contributed by atoms with Gasteiger partial charge in [-0.15, -0.1) is 0 Å². The van der Waals surface area contributed by atoms with Crippen LogP contribution in [0.25, 0.3) is 0 Å². The molecule has 0 spiro atoms. The number of carbonyl (C=O) groups excluding carboxylic acids is 1. The van der Waals surface area contributed by atoms with E-state index in [4.69, 9.17) is 9.47 Å². The summed E-state index contributed by atoms with van der Waals surface area (Å²) in [5.74, 6) is -0.814. The van der Waals surface area contributed by atoms with Gasteiger partial charge in [-0.2, -0.15) is 0 Å². The largest absolute Gasteiger partial charge is 0.347 e. The Labute approximate surface area is 73.0 Å². The fourth-order valence-electron chi connectivity index (χ4n) is 1.63. The van der Waals surface area contributed by atoms with Gasteiger partial charge in [0, 0.05) is 26.6 Å². The average molecular weight is 172 g/mol. The molecule has 3 heteroatoms. The summed E-state index contributed by atoms with van der Waals surface area (Å²) >= 11 is 0. The van der Waals surface area contributed by atoms with E-state index in [1.54, 1.807) is 7.11 Å². The van der Waals surface area contributed by atoms with Gasteiger partial charge in [0.25, 0.3) is 0 Å². The Morgan fingerprint density at radius 2 is 2.25 bits per heavy atom. The molecule has 3 nitrogen and oxygen atoms in total. The van der Waals surface area contributed by atoms with Crippen LogP contribution in [0.3, 0.4) is 0 Å². The SMILES string of the molecule is CCOC1(OC)CCCCC1=O. The van der Waals surface area contributed by atoms with E-state index in [9.17, 15) is 4.79 Å². The van der Waals surface area contributed by atoms with Crippen molar-refractivity contribution in [3.05, 3.63) is 0 Å². The number of ether oxygens (including phenoxy) is 2. The molecule has 1 saturated carbocycles. The lowest BCUT2D eigenvalue weighted by atomic mass is 9.92. The molecule has 0 heterocycles. The normalized spacial score (nSPS) is 30.7. The van der Waals surface area contributed by atoms with Crippen LogP contribution < -0.4 is 0 Å². The number of ketones is 1. The first kappa shape index (κ1) is 9.68. The molecular formula is C9H16O3. The molecule has 0 saturated heterocycles. The van der Waals surface area contributed by atoms with Gasteiger partial charge in [0.1, 0.15) is 0 Å². The lowest BCUT2D eigenvalue weighted by Gasteiger charge is -2.33. The third kappa shape index (κ3) is 1.67. The zero-order chi connectivity index (χ0) is 9.03. The summed E-state index contributed by atoms with van der Waals surface area (Å²) in [5, 5.41) is 0. The van der Waals surface area contributed by atoms with Crippen molar-refractivity contribution in [1.29, 1.82) is 0 Å². The quantitative estimate of drug-likeness (QED) is 0.605. The van der Waals surface area contributed by atoms with Gasteiger partial charge in [-0.05, 0) is 19.8 Å². The first-order valence-electron chi connectivity index (χ1n) is 4.47. The van der Waals surface area contributed by atoms with E-state index in [-0.39, 0.29) is 5.78 Å². The predicted octanol–water partition coefficient (Wildman–Crippen LogP) is 1.51. The molecule has 1 atom stereocenters. The standard InChI is InChI=1S/C9H16O3/c1-3-12-9(11-2)7-5-4-6-8(9)10/h3-7H2,1-2H3. The number of carbonyl (C=O) groups is 1. The summed E-state index contributed by atoms with van der Waals surface area (Å²) in [4.78, 5) is 11.5. The maximum atomic E-state index is 11.5. The number of methoxy groups -OCH3 is 1. The van der Waals surface area contributed by atoms with E-state index in [1.807, 2.05) is 6.92 Å². The summed E-state index contributed by atoms with van der Waals surface area (Å²) in [7, 11) is 1.54. The van der Waals surface area contributed by atoms with Crippen LogP contribution in [0.5, 0.6) is 0 Å². The van der Waals surface area contributed by atoms with Crippen LogP contribution in [0.4, 0.5) is 0 Å². The molecule has 0 N–H and O–H groups in total. The topological polar surface area (TPSA) is 35.5 Å². The zero-order valence-electron chi connectivity index (χ0n) is 7.76. The Hall–Kier alpha value is -0.410. The van der Waals surface area contributed by atoms with Gasteiger partial charge < -0.3 is 9.47 Å². The van der Waals surface area contributed by atoms with Crippen molar-refractivity contribution in [2.75, 3.05) is 13.7 Å². The molecule has 0 radical (unpaired) electrons. The van der Waals surface area contributed by atoms with Crippen LogP contribution in [0.2, 0.25) is 0 Å². The van der Waals surface area contributed by atoms with Crippen molar-refractivity contribution in [2.45, 2.75) is 38.4 Å². The minimum absolute atomic E-state index is 0.0955. The van der Waals surface area contributed by atoms with Crippen LogP contribution in [0.1, 0.15) is 32.6 Å². The van der Waals surface area contributed by atoms with Gasteiger partial charge in [-0.1, -0.05) is 0 Å². The van der Waals surface area contributed by atoms with Crippen molar-refractivity contribution < 1.29 is 14.3 Å². The van der Waals surface area contributed by atoms with Crippen molar-refractivity contribution in [3.63, 3.8) is 0 Å². The molecular weight excluding hydrogens is 156 g/mol. The molecule has 1 fully saturated rings. The second-order valence-corrected chi connectivity index (χ2v) is 3.02. The van der Waals surface area contributed by atoms with E-state index in [0.717, 1.165) is 12.8 Å². The third-order valence-corrected chi connectivity index (χ3v) is 2.29. The second kappa shape index (κ2) is 4.01. The zero-order valence-corrected chi connectivity index (χ0v) is 7.76. The number of Topliss-reactive ketones (excluding diaryl/α,β-unsaturated/α-hetero) is 1. The molecule has 1 unspecified atom stereocenters. The average Bonchev–Trinajstić information content (AvgIpc) is 2.10. The molecule has 1 rings (SSSR count). The third-order valence-electron chi connectivity index (χ3n) is 2.29. The Morgan fingerprint density at radius 3 is 2.75 bits per heavy atom. The van der Waals surface area contributed by atoms with Crippen LogP contribution >= 0.6 is 0 Å². The van der Waals surface area contributed by atoms with Gasteiger partial charge in [0.15, 0.2) is 5.78 Å². The van der Waals surface area contributed by atoms with Crippen LogP contribution in [0, 0.1) is 0 Å². The fourth-order valence-corrected chi connectivity index (χ4v) is 1.63. The first-order chi connectivity index (χ1) is 5.75. The molecule has 12 heavy (non-hydrogen) atoms. The van der Waals surface area contributed by atoms with E-state index in [1.165, 1.54) is 0 Å². The minimum atomic E-state index is -0.910. The minimum Gasteiger partial charge on any atom is -0.347 e. The first-order valence-corrected chi connectivity index (χ1v) is 4.47. The summed E-state index contributed by atoms with van der Waals surface area (Å²) in [6.45, 7) is 2.40. The van der Waals surface area contributed by atoms with Crippen LogP contribution in [0.15, 0.2) is 0 Å². The smallest absolute Gasteiger partial charge is 0.228 e. The lowest BCUT2D eigenvalue weighted by Crippen LogP contribution is -2.45. The summed E-state index contributed by atoms with van der Waals surface area (Å²) in [6, 6.07) is 0. The van der Waals surface area contributed by atoms with Crippen molar-refractivity contribution in [2.24, 2.45) is 0 Å². The molecule has 0 amide bonds. The summed E-state index contributed by atoms with van der Waals surface area (Å²) in [6.07, 6.45) is 3.28. The fraction of sp³-hybridized carbons (Fsp3) is 0.889. The second-order valence-electron chi connectivity index (χ2n) is 3.02. The predicted molar refractivity (Wildman–Crippen MR) is 44.8 cm³/mol. The van der Waals surface area contributed by atoms with Gasteiger partial charge in [-0.25, -0.2) is 0 Å². The molecule has 1 aliphatic carbocycles. The molecule has 1 aliphatic rings. The van der Waals surface area contributed by atoms with Crippen LogP contribution in [-0.4, -0.2) is 25.3 Å². The molecule has 0 aliphatic heterocycles. The Balaban J connectivity index is 2.66. The summed E-state index contributed by atoms with van der Waals surface area (Å²) < 4.78 is 10.5. The maximum Gasteiger partial charge on any atom is 0.228 e. The number of rotatable bonds is 3. The van der Waals surface area contributed by atoms with Crippen molar-refractivity contribution in [1.82, 2.24) is 0 Å². The van der Waals surface area contributed by atoms with Gasteiger partial charge in [0.05, 0.1) is 0 Å². The maximum absolute atomic E-state index is 11.5. The van der Waals surface area contributed by atoms with E-state index >= 15 is 0 Å². The highest BCUT2D eigenvalue weighted by atomic mass is 16.7. The Kier molecular flexibility index (Phi) is 3.23.